The molecule has 23 heavy (non-hydrogen) atoms. The van der Waals surface area contributed by atoms with Crippen molar-refractivity contribution in [3.05, 3.63) is 35.7 Å². The Labute approximate surface area is 137 Å². The molecule has 2 aromatic rings. The van der Waals surface area contributed by atoms with E-state index in [9.17, 15) is 0 Å². The van der Waals surface area contributed by atoms with Crippen LogP contribution in [0.1, 0.15) is 61.2 Å². The van der Waals surface area contributed by atoms with E-state index in [1.54, 1.807) is 0 Å². The molecule has 3 heterocycles. The molecule has 0 spiro atoms. The molecule has 122 valence electrons. The normalized spacial score (nSPS) is 22.2. The van der Waals surface area contributed by atoms with E-state index in [2.05, 4.69) is 34.5 Å². The fourth-order valence-electron chi connectivity index (χ4n) is 3.77. The van der Waals surface area contributed by atoms with E-state index >= 15 is 0 Å². The van der Waals surface area contributed by atoms with Crippen molar-refractivity contribution in [1.29, 1.82) is 0 Å². The Hall–Kier alpha value is -1.91. The van der Waals surface area contributed by atoms with Crippen LogP contribution in [0, 0.1) is 6.92 Å². The number of hydrogen-bond acceptors (Lipinski definition) is 4. The zero-order chi connectivity index (χ0) is 15.8. The number of piperidine rings is 1. The monoisotopic (exact) mass is 311 g/mol. The van der Waals surface area contributed by atoms with Gasteiger partial charge in [-0.25, -0.2) is 15.0 Å². The molecule has 1 aliphatic carbocycles. The average Bonchev–Trinajstić information content (AvgIpc) is 2.91. The van der Waals surface area contributed by atoms with Gasteiger partial charge in [-0.2, -0.15) is 0 Å². The third-order valence-electron chi connectivity index (χ3n) is 5.31. The van der Waals surface area contributed by atoms with Gasteiger partial charge in [0.1, 0.15) is 5.82 Å². The predicted octanol–water partition coefficient (Wildman–Crippen LogP) is 3.17. The largest absolute Gasteiger partial charge is 0.340 e. The van der Waals surface area contributed by atoms with Crippen LogP contribution in [0.15, 0.2) is 18.5 Å². The Bertz CT molecular complexity index is 688. The Balaban J connectivity index is 1.57. The number of hydrogen-bond donors (Lipinski definition) is 0. The van der Waals surface area contributed by atoms with E-state index in [1.165, 1.54) is 43.6 Å². The maximum Gasteiger partial charge on any atom is 0.225 e. The van der Waals surface area contributed by atoms with Crippen LogP contribution in [0.2, 0.25) is 0 Å². The van der Waals surface area contributed by atoms with Gasteiger partial charge in [-0.3, -0.25) is 0 Å². The molecule has 0 radical (unpaired) electrons. The third-order valence-corrected chi connectivity index (χ3v) is 5.31. The van der Waals surface area contributed by atoms with Gasteiger partial charge in [0.2, 0.25) is 5.95 Å². The van der Waals surface area contributed by atoms with Crippen molar-refractivity contribution < 1.29 is 0 Å². The number of nitrogens with zero attached hydrogens (tertiary/aromatic N) is 5. The molecule has 4 rings (SSSR count). The minimum atomic E-state index is 0.472. The Morgan fingerprint density at radius 2 is 1.91 bits per heavy atom. The van der Waals surface area contributed by atoms with Gasteiger partial charge < -0.3 is 9.47 Å². The summed E-state index contributed by atoms with van der Waals surface area (Å²) in [4.78, 5) is 16.5. The van der Waals surface area contributed by atoms with Crippen LogP contribution in [-0.4, -0.2) is 32.6 Å². The lowest BCUT2D eigenvalue weighted by atomic mass is 9.82. The molecule has 2 aromatic heterocycles. The fourth-order valence-corrected chi connectivity index (χ4v) is 3.77. The number of imidazole rings is 1. The van der Waals surface area contributed by atoms with Gasteiger partial charge in [0, 0.05) is 55.8 Å². The molecule has 1 unspecified atom stereocenters. The molecule has 0 N–H and O–H groups in total. The van der Waals surface area contributed by atoms with Crippen LogP contribution in [0.4, 0.5) is 5.95 Å². The Morgan fingerprint density at radius 3 is 2.61 bits per heavy atom. The zero-order valence-electron chi connectivity index (χ0n) is 14.1. The average molecular weight is 311 g/mol. The highest BCUT2D eigenvalue weighted by atomic mass is 15.3. The van der Waals surface area contributed by atoms with Gasteiger partial charge in [-0.05, 0) is 38.7 Å². The smallest absolute Gasteiger partial charge is 0.225 e. The standard InChI is InChI=1S/C18H25N5/c1-13-11-16(14-5-3-6-14)21-18(20-13)23-9-4-7-15(12-23)17-19-8-10-22(17)2/h8,10-11,14-15H,3-7,9,12H2,1-2H3. The Morgan fingerprint density at radius 1 is 1.09 bits per heavy atom. The van der Waals surface area contributed by atoms with E-state index in [-0.39, 0.29) is 0 Å². The fraction of sp³-hybridized carbons (Fsp3) is 0.611. The predicted molar refractivity (Wildman–Crippen MR) is 90.8 cm³/mol. The van der Waals surface area contributed by atoms with Gasteiger partial charge in [0.15, 0.2) is 0 Å². The summed E-state index contributed by atoms with van der Waals surface area (Å²) >= 11 is 0. The van der Waals surface area contributed by atoms with Crippen molar-refractivity contribution in [1.82, 2.24) is 19.5 Å². The molecule has 1 atom stereocenters. The van der Waals surface area contributed by atoms with Crippen LogP contribution in [0.25, 0.3) is 0 Å². The van der Waals surface area contributed by atoms with E-state index in [0.29, 0.717) is 11.8 Å². The van der Waals surface area contributed by atoms with E-state index < -0.39 is 0 Å². The van der Waals surface area contributed by atoms with Crippen LogP contribution in [-0.2, 0) is 7.05 Å². The molecular weight excluding hydrogens is 286 g/mol. The molecule has 0 bridgehead atoms. The Kier molecular flexibility index (Phi) is 3.79. The number of aromatic nitrogens is 4. The van der Waals surface area contributed by atoms with E-state index in [4.69, 9.17) is 9.97 Å². The van der Waals surface area contributed by atoms with Gasteiger partial charge in [-0.15, -0.1) is 0 Å². The minimum absolute atomic E-state index is 0.472. The highest BCUT2D eigenvalue weighted by Gasteiger charge is 2.27. The van der Waals surface area contributed by atoms with Gasteiger partial charge >= 0.3 is 0 Å². The second-order valence-electron chi connectivity index (χ2n) is 7.04. The summed E-state index contributed by atoms with van der Waals surface area (Å²) in [6, 6.07) is 2.17. The lowest BCUT2D eigenvalue weighted by molar-refractivity contribution is 0.409. The topological polar surface area (TPSA) is 46.8 Å². The highest BCUT2D eigenvalue weighted by molar-refractivity contribution is 5.35. The van der Waals surface area contributed by atoms with Crippen molar-refractivity contribution in [3.63, 3.8) is 0 Å². The molecule has 5 heteroatoms. The second-order valence-corrected chi connectivity index (χ2v) is 7.04. The summed E-state index contributed by atoms with van der Waals surface area (Å²) in [5, 5.41) is 0. The third kappa shape index (κ3) is 2.84. The van der Waals surface area contributed by atoms with Crippen LogP contribution >= 0.6 is 0 Å². The first-order valence-corrected chi connectivity index (χ1v) is 8.78. The lowest BCUT2D eigenvalue weighted by Crippen LogP contribution is -2.36. The molecular formula is C18H25N5. The van der Waals surface area contributed by atoms with Crippen molar-refractivity contribution >= 4 is 5.95 Å². The highest BCUT2D eigenvalue weighted by Crippen LogP contribution is 2.36. The van der Waals surface area contributed by atoms with E-state index in [1.807, 2.05) is 12.4 Å². The van der Waals surface area contributed by atoms with E-state index in [0.717, 1.165) is 24.7 Å². The SMILES string of the molecule is Cc1cc(C2CCC2)nc(N2CCCC(c3nccn3C)C2)n1. The van der Waals surface area contributed by atoms with Gasteiger partial charge in [-0.1, -0.05) is 6.42 Å². The summed E-state index contributed by atoms with van der Waals surface area (Å²) in [6.07, 6.45) is 10.2. The minimum Gasteiger partial charge on any atom is -0.340 e. The van der Waals surface area contributed by atoms with Crippen molar-refractivity contribution in [3.8, 4) is 0 Å². The number of aryl methyl sites for hydroxylation is 2. The molecule has 5 nitrogen and oxygen atoms in total. The summed E-state index contributed by atoms with van der Waals surface area (Å²) in [5.74, 6) is 3.23. The molecule has 1 saturated heterocycles. The number of rotatable bonds is 3. The summed E-state index contributed by atoms with van der Waals surface area (Å²) in [5.41, 5.74) is 2.34. The first-order valence-electron chi connectivity index (χ1n) is 8.78. The van der Waals surface area contributed by atoms with Crippen molar-refractivity contribution in [2.24, 2.45) is 7.05 Å². The summed E-state index contributed by atoms with van der Waals surface area (Å²) < 4.78 is 2.14. The van der Waals surface area contributed by atoms with Crippen molar-refractivity contribution in [2.45, 2.75) is 50.9 Å². The lowest BCUT2D eigenvalue weighted by Gasteiger charge is -2.33. The van der Waals surface area contributed by atoms with Gasteiger partial charge in [0.25, 0.3) is 0 Å². The number of anilines is 1. The molecule has 0 amide bonds. The van der Waals surface area contributed by atoms with Crippen LogP contribution < -0.4 is 4.90 Å². The second kappa shape index (κ2) is 5.95. The summed E-state index contributed by atoms with van der Waals surface area (Å²) in [7, 11) is 2.08. The van der Waals surface area contributed by atoms with Gasteiger partial charge in [0.05, 0.1) is 0 Å². The maximum absolute atomic E-state index is 4.91. The zero-order valence-corrected chi connectivity index (χ0v) is 14.1. The van der Waals surface area contributed by atoms with Crippen LogP contribution in [0.5, 0.6) is 0 Å². The summed E-state index contributed by atoms with van der Waals surface area (Å²) in [6.45, 7) is 4.11. The molecule has 1 aliphatic heterocycles. The quantitative estimate of drug-likeness (QED) is 0.873. The molecule has 2 aliphatic rings. The first-order chi connectivity index (χ1) is 11.2. The van der Waals surface area contributed by atoms with Crippen molar-refractivity contribution in [2.75, 3.05) is 18.0 Å². The molecule has 2 fully saturated rings. The maximum atomic E-state index is 4.91. The first kappa shape index (κ1) is 14.7. The van der Waals surface area contributed by atoms with Crippen LogP contribution in [0.3, 0.4) is 0 Å². The molecule has 1 saturated carbocycles. The molecule has 0 aromatic carbocycles.